The van der Waals surface area contributed by atoms with Crippen LogP contribution in [0, 0.1) is 0 Å². The molecule has 0 fully saturated rings. The maximum Gasteiger partial charge on any atom is 0.153 e. The number of aryl methyl sites for hydroxylation is 1. The summed E-state index contributed by atoms with van der Waals surface area (Å²) in [7, 11) is 0. The lowest BCUT2D eigenvalue weighted by molar-refractivity contribution is 0.689. The number of nitrogens with zero attached hydrogens (tertiary/aromatic N) is 3. The van der Waals surface area contributed by atoms with E-state index >= 15 is 0 Å². The van der Waals surface area contributed by atoms with Gasteiger partial charge < -0.3 is 5.73 Å². The average molecular weight is 354 g/mol. The number of nitrogen functional groups attached to an aromatic ring is 1. The molecule has 0 bridgehead atoms. The molecule has 3 aromatic heterocycles. The summed E-state index contributed by atoms with van der Waals surface area (Å²) in [6.07, 6.45) is 6.35. The number of hydrogen-bond acceptors (Lipinski definition) is 4. The summed E-state index contributed by atoms with van der Waals surface area (Å²) >= 11 is 0. The number of aromatic amines is 2. The minimum atomic E-state index is 0.553. The maximum atomic E-state index is 6.19. The molecule has 0 unspecified atom stereocenters. The third-order valence-corrected chi connectivity index (χ3v) is 5.74. The lowest BCUT2D eigenvalue weighted by Crippen LogP contribution is -2.08. The van der Waals surface area contributed by atoms with E-state index in [1.165, 1.54) is 29.4 Å². The molecule has 3 heterocycles. The van der Waals surface area contributed by atoms with Crippen LogP contribution in [0.2, 0.25) is 0 Å². The van der Waals surface area contributed by atoms with Crippen molar-refractivity contribution >= 4 is 38.5 Å². The number of H-pyrrole nitrogens is 2. The second-order valence-electron chi connectivity index (χ2n) is 7.29. The Bertz CT molecular complexity index is 1340. The Labute approximate surface area is 154 Å². The van der Waals surface area contributed by atoms with E-state index in [0.29, 0.717) is 5.82 Å². The van der Waals surface area contributed by atoms with Gasteiger partial charge in [0, 0.05) is 16.3 Å². The maximum absolute atomic E-state index is 6.19. The summed E-state index contributed by atoms with van der Waals surface area (Å²) in [5, 5.41) is 17.7. The van der Waals surface area contributed by atoms with Gasteiger partial charge in [0.15, 0.2) is 5.82 Å². The molecule has 0 amide bonds. The molecule has 0 radical (unpaired) electrons. The lowest BCUT2D eigenvalue weighted by Gasteiger charge is -2.22. The van der Waals surface area contributed by atoms with Gasteiger partial charge in [-0.15, -0.1) is 0 Å². The molecule has 0 spiro atoms. The zero-order valence-electron chi connectivity index (χ0n) is 14.7. The Balaban J connectivity index is 1.73. The van der Waals surface area contributed by atoms with Crippen molar-refractivity contribution in [3.63, 3.8) is 0 Å². The minimum Gasteiger partial charge on any atom is -0.382 e. The van der Waals surface area contributed by atoms with Gasteiger partial charge in [0.1, 0.15) is 0 Å². The van der Waals surface area contributed by atoms with Crippen LogP contribution in [0.3, 0.4) is 0 Å². The van der Waals surface area contributed by atoms with Crippen LogP contribution in [-0.4, -0.2) is 25.4 Å². The Hall–Kier alpha value is -3.41. The van der Waals surface area contributed by atoms with E-state index in [1.807, 2.05) is 12.3 Å². The molecule has 6 nitrogen and oxygen atoms in total. The largest absolute Gasteiger partial charge is 0.382 e. The number of pyridine rings is 1. The molecule has 0 saturated heterocycles. The zero-order valence-corrected chi connectivity index (χ0v) is 14.7. The van der Waals surface area contributed by atoms with Crippen molar-refractivity contribution in [2.75, 3.05) is 5.73 Å². The predicted molar refractivity (Wildman–Crippen MR) is 108 cm³/mol. The molecular formula is C21H18N6. The molecule has 6 heteroatoms. The fraction of sp³-hybridized carbons (Fsp3) is 0.190. The highest BCUT2D eigenvalue weighted by molar-refractivity contribution is 6.12. The van der Waals surface area contributed by atoms with E-state index < -0.39 is 0 Å². The standard InChI is InChI=1S/C21H18N6/c22-21-19-17(26-27-21)8-7-16-18(19)13-3-1-2-4-14(13)20(24-16)11-5-6-15-12(9-11)10-23-25-15/h5-10H,1-4H2,(H,23,25)(H3,22,26,27). The van der Waals surface area contributed by atoms with Crippen molar-refractivity contribution in [1.29, 1.82) is 0 Å². The van der Waals surface area contributed by atoms with Crippen LogP contribution in [0.15, 0.2) is 36.5 Å². The van der Waals surface area contributed by atoms with Crippen LogP contribution in [0.25, 0.3) is 44.0 Å². The van der Waals surface area contributed by atoms with Gasteiger partial charge in [-0.2, -0.15) is 10.2 Å². The van der Waals surface area contributed by atoms with Crippen molar-refractivity contribution in [3.05, 3.63) is 47.7 Å². The van der Waals surface area contributed by atoms with E-state index in [9.17, 15) is 0 Å². The number of nitrogens with two attached hydrogens (primary N) is 1. The summed E-state index contributed by atoms with van der Waals surface area (Å²) in [5.74, 6) is 0.553. The number of aromatic nitrogens is 5. The van der Waals surface area contributed by atoms with Gasteiger partial charge >= 0.3 is 0 Å². The topological polar surface area (TPSA) is 96.3 Å². The van der Waals surface area contributed by atoms with Crippen LogP contribution in [0.4, 0.5) is 5.82 Å². The van der Waals surface area contributed by atoms with Crippen molar-refractivity contribution in [1.82, 2.24) is 25.4 Å². The average Bonchev–Trinajstić information content (AvgIpc) is 3.33. The molecule has 1 aliphatic rings. The summed E-state index contributed by atoms with van der Waals surface area (Å²) < 4.78 is 0. The van der Waals surface area contributed by atoms with E-state index in [-0.39, 0.29) is 0 Å². The summed E-state index contributed by atoms with van der Waals surface area (Å²) in [6.45, 7) is 0. The van der Waals surface area contributed by atoms with E-state index in [0.717, 1.165) is 51.4 Å². The number of nitrogens with one attached hydrogen (secondary N) is 2. The zero-order chi connectivity index (χ0) is 18.0. The van der Waals surface area contributed by atoms with Gasteiger partial charge in [0.2, 0.25) is 0 Å². The molecule has 6 rings (SSSR count). The first-order chi connectivity index (χ1) is 13.3. The first-order valence-corrected chi connectivity index (χ1v) is 9.31. The summed E-state index contributed by atoms with van der Waals surface area (Å²) in [6, 6.07) is 10.5. The fourth-order valence-corrected chi connectivity index (χ4v) is 4.49. The van der Waals surface area contributed by atoms with Crippen molar-refractivity contribution in [3.8, 4) is 11.3 Å². The van der Waals surface area contributed by atoms with Gasteiger partial charge in [-0.25, -0.2) is 4.98 Å². The van der Waals surface area contributed by atoms with Gasteiger partial charge in [0.25, 0.3) is 0 Å². The summed E-state index contributed by atoms with van der Waals surface area (Å²) in [5.41, 5.74) is 14.2. The second kappa shape index (κ2) is 5.30. The first kappa shape index (κ1) is 14.7. The SMILES string of the molecule is Nc1n[nH]c2ccc3nc(-c4ccc5[nH]ncc5c4)c4c(c3c12)CCCC4. The van der Waals surface area contributed by atoms with Crippen LogP contribution in [-0.2, 0) is 12.8 Å². The van der Waals surface area contributed by atoms with E-state index in [4.69, 9.17) is 10.7 Å². The Kier molecular flexibility index (Phi) is 2.89. The molecule has 5 aromatic rings. The molecular weight excluding hydrogens is 336 g/mol. The smallest absolute Gasteiger partial charge is 0.153 e. The van der Waals surface area contributed by atoms with Crippen molar-refractivity contribution in [2.45, 2.75) is 25.7 Å². The lowest BCUT2D eigenvalue weighted by atomic mass is 9.85. The Morgan fingerprint density at radius 3 is 2.67 bits per heavy atom. The fourth-order valence-electron chi connectivity index (χ4n) is 4.49. The molecule has 2 aromatic carbocycles. The van der Waals surface area contributed by atoms with E-state index in [2.05, 4.69) is 44.7 Å². The normalized spacial score (nSPS) is 14.2. The van der Waals surface area contributed by atoms with Crippen LogP contribution >= 0.6 is 0 Å². The Morgan fingerprint density at radius 2 is 1.74 bits per heavy atom. The van der Waals surface area contributed by atoms with Crippen molar-refractivity contribution in [2.24, 2.45) is 0 Å². The molecule has 132 valence electrons. The predicted octanol–water partition coefficient (Wildman–Crippen LogP) is 4.12. The molecule has 0 aliphatic heterocycles. The van der Waals surface area contributed by atoms with Crippen LogP contribution < -0.4 is 5.73 Å². The highest BCUT2D eigenvalue weighted by Gasteiger charge is 2.22. The highest BCUT2D eigenvalue weighted by Crippen LogP contribution is 2.39. The van der Waals surface area contributed by atoms with Crippen molar-refractivity contribution < 1.29 is 0 Å². The molecule has 0 saturated carbocycles. The van der Waals surface area contributed by atoms with Gasteiger partial charge in [0.05, 0.1) is 33.8 Å². The number of rotatable bonds is 1. The van der Waals surface area contributed by atoms with Crippen LogP contribution in [0.1, 0.15) is 24.0 Å². The van der Waals surface area contributed by atoms with Gasteiger partial charge in [-0.3, -0.25) is 10.2 Å². The Morgan fingerprint density at radius 1 is 0.889 bits per heavy atom. The van der Waals surface area contributed by atoms with Crippen LogP contribution in [0.5, 0.6) is 0 Å². The summed E-state index contributed by atoms with van der Waals surface area (Å²) in [4.78, 5) is 5.09. The number of hydrogen-bond donors (Lipinski definition) is 3. The molecule has 1 aliphatic carbocycles. The number of anilines is 1. The molecule has 27 heavy (non-hydrogen) atoms. The highest BCUT2D eigenvalue weighted by atomic mass is 15.1. The van der Waals surface area contributed by atoms with Gasteiger partial charge in [-0.05, 0) is 61.1 Å². The quantitative estimate of drug-likeness (QED) is 0.422. The van der Waals surface area contributed by atoms with Gasteiger partial charge in [-0.1, -0.05) is 6.07 Å². The monoisotopic (exact) mass is 354 g/mol. The third kappa shape index (κ3) is 2.04. The molecule has 4 N–H and O–H groups in total. The third-order valence-electron chi connectivity index (χ3n) is 5.74. The number of benzene rings is 2. The van der Waals surface area contributed by atoms with E-state index in [1.54, 1.807) is 0 Å². The molecule has 0 atom stereocenters. The number of fused-ring (bicyclic) bond motifs is 6. The minimum absolute atomic E-state index is 0.553. The first-order valence-electron chi connectivity index (χ1n) is 9.31. The second-order valence-corrected chi connectivity index (χ2v) is 7.29.